The van der Waals surface area contributed by atoms with Crippen LogP contribution in [0.1, 0.15) is 40.1 Å². The largest absolute Gasteiger partial charge is 0.495 e. The van der Waals surface area contributed by atoms with Crippen LogP contribution in [-0.2, 0) is 11.3 Å². The predicted molar refractivity (Wildman–Crippen MR) is 123 cm³/mol. The maximum atomic E-state index is 9.03. The second-order valence-electron chi connectivity index (χ2n) is 7.72. The van der Waals surface area contributed by atoms with E-state index in [0.29, 0.717) is 24.5 Å². The van der Waals surface area contributed by atoms with Gasteiger partial charge in [-0.2, -0.15) is 10.4 Å². The third kappa shape index (κ3) is 4.14. The number of aromatic nitrogens is 5. The SMILES string of the molecule is COc1cc(C=Cc2nc3n(n2)CCOC3c2ccc(C#N)cc2)ccc1-n1cnc(C)c1. The first kappa shape index (κ1) is 20.7. The molecular formula is C25H22N6O2. The fourth-order valence-electron chi connectivity index (χ4n) is 3.85. The molecule has 4 aromatic rings. The molecule has 2 aromatic heterocycles. The Morgan fingerprint density at radius 1 is 1.18 bits per heavy atom. The minimum atomic E-state index is -0.306. The van der Waals surface area contributed by atoms with Crippen molar-refractivity contribution in [3.63, 3.8) is 0 Å². The van der Waals surface area contributed by atoms with Crippen molar-refractivity contribution < 1.29 is 9.47 Å². The van der Waals surface area contributed by atoms with E-state index in [1.165, 1.54) is 0 Å². The maximum Gasteiger partial charge on any atom is 0.174 e. The number of hydrogen-bond acceptors (Lipinski definition) is 6. The van der Waals surface area contributed by atoms with Crippen molar-refractivity contribution in [2.24, 2.45) is 0 Å². The van der Waals surface area contributed by atoms with Crippen LogP contribution in [0, 0.1) is 18.3 Å². The summed E-state index contributed by atoms with van der Waals surface area (Å²) in [5.74, 6) is 2.12. The van der Waals surface area contributed by atoms with Gasteiger partial charge in [-0.1, -0.05) is 24.3 Å². The molecule has 0 saturated carbocycles. The standard InChI is InChI=1S/C25H22N6O2/c1-17-15-30(16-27-17)21-9-5-18(13-22(21)32-2)6-10-23-28-25-24(33-12-11-31(25)29-23)20-7-3-19(14-26)4-8-20/h3-10,13,15-16,24H,11-12H2,1-2H3. The second kappa shape index (κ2) is 8.73. The van der Waals surface area contributed by atoms with Crippen molar-refractivity contribution in [1.29, 1.82) is 5.26 Å². The van der Waals surface area contributed by atoms with E-state index >= 15 is 0 Å². The lowest BCUT2D eigenvalue weighted by molar-refractivity contribution is 0.0390. The first-order valence-electron chi connectivity index (χ1n) is 10.6. The van der Waals surface area contributed by atoms with E-state index in [4.69, 9.17) is 19.7 Å². The molecule has 2 aromatic carbocycles. The molecule has 8 nitrogen and oxygen atoms in total. The highest BCUT2D eigenvalue weighted by molar-refractivity contribution is 5.69. The first-order chi connectivity index (χ1) is 16.1. The smallest absolute Gasteiger partial charge is 0.174 e. The number of nitrogens with zero attached hydrogens (tertiary/aromatic N) is 6. The van der Waals surface area contributed by atoms with Gasteiger partial charge < -0.3 is 14.0 Å². The Morgan fingerprint density at radius 3 is 2.76 bits per heavy atom. The van der Waals surface area contributed by atoms with Gasteiger partial charge in [0.15, 0.2) is 11.6 Å². The molecule has 0 radical (unpaired) electrons. The highest BCUT2D eigenvalue weighted by Gasteiger charge is 2.26. The number of fused-ring (bicyclic) bond motifs is 1. The molecule has 0 saturated heterocycles. The zero-order valence-corrected chi connectivity index (χ0v) is 18.3. The molecule has 0 spiro atoms. The van der Waals surface area contributed by atoms with E-state index in [1.54, 1.807) is 25.6 Å². The summed E-state index contributed by atoms with van der Waals surface area (Å²) in [6.45, 7) is 3.15. The summed E-state index contributed by atoms with van der Waals surface area (Å²) in [6, 6.07) is 15.5. The van der Waals surface area contributed by atoms with Gasteiger partial charge in [0.25, 0.3) is 0 Å². The fraction of sp³-hybridized carbons (Fsp3) is 0.200. The van der Waals surface area contributed by atoms with Gasteiger partial charge in [0, 0.05) is 6.20 Å². The number of hydrogen-bond donors (Lipinski definition) is 0. The van der Waals surface area contributed by atoms with Gasteiger partial charge in [-0.3, -0.25) is 0 Å². The van der Waals surface area contributed by atoms with Crippen molar-refractivity contribution >= 4 is 12.2 Å². The Labute approximate surface area is 191 Å². The van der Waals surface area contributed by atoms with Crippen LogP contribution in [0.15, 0.2) is 55.0 Å². The molecule has 1 atom stereocenters. The van der Waals surface area contributed by atoms with Gasteiger partial charge in [-0.05, 0) is 48.4 Å². The molecule has 33 heavy (non-hydrogen) atoms. The van der Waals surface area contributed by atoms with Gasteiger partial charge in [-0.25, -0.2) is 14.6 Å². The lowest BCUT2D eigenvalue weighted by Gasteiger charge is -2.23. The number of ether oxygens (including phenoxy) is 2. The molecule has 0 aliphatic carbocycles. The second-order valence-corrected chi connectivity index (χ2v) is 7.72. The summed E-state index contributed by atoms with van der Waals surface area (Å²) in [5, 5.41) is 13.7. The highest BCUT2D eigenvalue weighted by Crippen LogP contribution is 2.29. The van der Waals surface area contributed by atoms with Gasteiger partial charge in [0.2, 0.25) is 0 Å². The summed E-state index contributed by atoms with van der Waals surface area (Å²) in [5.41, 5.74) is 4.41. The van der Waals surface area contributed by atoms with Crippen LogP contribution >= 0.6 is 0 Å². The summed E-state index contributed by atoms with van der Waals surface area (Å²) in [4.78, 5) is 8.99. The van der Waals surface area contributed by atoms with E-state index in [9.17, 15) is 0 Å². The minimum Gasteiger partial charge on any atom is -0.495 e. The molecule has 0 amide bonds. The van der Waals surface area contributed by atoms with E-state index in [-0.39, 0.29) is 6.10 Å². The van der Waals surface area contributed by atoms with Crippen LogP contribution in [0.5, 0.6) is 5.75 Å². The number of aryl methyl sites for hydroxylation is 1. The van der Waals surface area contributed by atoms with Gasteiger partial charge in [0.05, 0.1) is 49.6 Å². The average molecular weight is 438 g/mol. The topological polar surface area (TPSA) is 90.8 Å². The zero-order valence-electron chi connectivity index (χ0n) is 18.3. The highest BCUT2D eigenvalue weighted by atomic mass is 16.5. The number of imidazole rings is 1. The number of methoxy groups -OCH3 is 1. The van der Waals surface area contributed by atoms with Crippen molar-refractivity contribution in [1.82, 2.24) is 24.3 Å². The van der Waals surface area contributed by atoms with Gasteiger partial charge in [-0.15, -0.1) is 0 Å². The van der Waals surface area contributed by atoms with Crippen molar-refractivity contribution in [3.05, 3.63) is 89.0 Å². The van der Waals surface area contributed by atoms with Gasteiger partial charge >= 0.3 is 0 Å². The minimum absolute atomic E-state index is 0.306. The van der Waals surface area contributed by atoms with Gasteiger partial charge in [0.1, 0.15) is 11.9 Å². The maximum absolute atomic E-state index is 9.03. The molecule has 8 heteroatoms. The number of benzene rings is 2. The molecule has 0 N–H and O–H groups in total. The van der Waals surface area contributed by atoms with Crippen molar-refractivity contribution in [2.75, 3.05) is 13.7 Å². The molecule has 164 valence electrons. The molecule has 1 unspecified atom stereocenters. The van der Waals surface area contributed by atoms with Crippen LogP contribution in [0.25, 0.3) is 17.8 Å². The Bertz CT molecular complexity index is 1360. The Kier molecular flexibility index (Phi) is 5.47. The molecular weight excluding hydrogens is 416 g/mol. The van der Waals surface area contributed by atoms with E-state index in [1.807, 2.05) is 64.9 Å². The summed E-state index contributed by atoms with van der Waals surface area (Å²) in [6.07, 6.45) is 7.27. The van der Waals surface area contributed by atoms with E-state index in [0.717, 1.165) is 34.1 Å². The monoisotopic (exact) mass is 438 g/mol. The molecule has 0 fully saturated rings. The van der Waals surface area contributed by atoms with E-state index in [2.05, 4.69) is 16.2 Å². The molecule has 1 aliphatic rings. The van der Waals surface area contributed by atoms with Crippen molar-refractivity contribution in [2.45, 2.75) is 19.6 Å². The van der Waals surface area contributed by atoms with Crippen LogP contribution in [0.2, 0.25) is 0 Å². The Hall–Kier alpha value is -4.22. The third-order valence-corrected chi connectivity index (χ3v) is 5.50. The van der Waals surface area contributed by atoms with Crippen molar-refractivity contribution in [3.8, 4) is 17.5 Å². The fourth-order valence-corrected chi connectivity index (χ4v) is 3.85. The summed E-state index contributed by atoms with van der Waals surface area (Å²) >= 11 is 0. The molecule has 0 bridgehead atoms. The average Bonchev–Trinajstić information content (AvgIpc) is 3.48. The Morgan fingerprint density at radius 2 is 2.03 bits per heavy atom. The Balaban J connectivity index is 1.40. The van der Waals surface area contributed by atoms with Crippen LogP contribution in [0.4, 0.5) is 0 Å². The lowest BCUT2D eigenvalue weighted by Crippen LogP contribution is -2.23. The molecule has 1 aliphatic heterocycles. The predicted octanol–water partition coefficient (Wildman–Crippen LogP) is 3.94. The van der Waals surface area contributed by atoms with Crippen LogP contribution in [0.3, 0.4) is 0 Å². The number of nitriles is 1. The summed E-state index contributed by atoms with van der Waals surface area (Å²) < 4.78 is 15.4. The van der Waals surface area contributed by atoms with E-state index < -0.39 is 0 Å². The molecule has 5 rings (SSSR count). The first-order valence-corrected chi connectivity index (χ1v) is 10.6. The number of rotatable bonds is 5. The zero-order chi connectivity index (χ0) is 22.8. The quantitative estimate of drug-likeness (QED) is 0.469. The van der Waals surface area contributed by atoms with Crippen LogP contribution < -0.4 is 4.74 Å². The molecule has 3 heterocycles. The normalized spacial score (nSPS) is 15.4. The van der Waals surface area contributed by atoms with Crippen LogP contribution in [-0.4, -0.2) is 38.0 Å². The summed E-state index contributed by atoms with van der Waals surface area (Å²) in [7, 11) is 1.66. The lowest BCUT2D eigenvalue weighted by atomic mass is 10.1. The third-order valence-electron chi connectivity index (χ3n) is 5.50.